The van der Waals surface area contributed by atoms with Gasteiger partial charge in [0.15, 0.2) is 18.1 Å². The Morgan fingerprint density at radius 1 is 1.32 bits per heavy atom. The molecule has 0 saturated heterocycles. The number of hydrogen-bond acceptors (Lipinski definition) is 5. The zero-order chi connectivity index (χ0) is 18.5. The molecule has 0 N–H and O–H groups in total. The van der Waals surface area contributed by atoms with Crippen LogP contribution in [0.3, 0.4) is 0 Å². The molecule has 0 heterocycles. The van der Waals surface area contributed by atoms with Gasteiger partial charge in [-0.25, -0.2) is 4.79 Å². The van der Waals surface area contributed by atoms with E-state index in [1.54, 1.807) is 24.3 Å². The van der Waals surface area contributed by atoms with Crippen molar-refractivity contribution in [1.29, 1.82) is 5.26 Å². The normalized spacial score (nSPS) is 11.8. The second kappa shape index (κ2) is 12.0. The lowest BCUT2D eigenvalue weighted by atomic mass is 10.0. The molecule has 1 aromatic rings. The standard InChI is InChI=1S/C20H27NO4/c1-4-6-7-16(5-2)15-25-20(22)11-9-17-8-10-18(23-3)19(14-17)24-13-12-21/h8-11,14,16H,4-7,13,15H2,1-3H3/b11-9+. The largest absolute Gasteiger partial charge is 0.493 e. The Morgan fingerprint density at radius 3 is 2.76 bits per heavy atom. The van der Waals surface area contributed by atoms with Gasteiger partial charge in [-0.1, -0.05) is 39.2 Å². The topological polar surface area (TPSA) is 68.6 Å². The minimum Gasteiger partial charge on any atom is -0.493 e. The lowest BCUT2D eigenvalue weighted by Crippen LogP contribution is -2.12. The van der Waals surface area contributed by atoms with Crippen molar-refractivity contribution in [2.75, 3.05) is 20.3 Å². The number of esters is 1. The number of hydrogen-bond donors (Lipinski definition) is 0. The Balaban J connectivity index is 2.61. The monoisotopic (exact) mass is 345 g/mol. The molecule has 1 aromatic carbocycles. The predicted molar refractivity (Wildman–Crippen MR) is 97.4 cm³/mol. The van der Waals surface area contributed by atoms with Gasteiger partial charge in [-0.3, -0.25) is 0 Å². The van der Waals surface area contributed by atoms with Crippen molar-refractivity contribution in [2.24, 2.45) is 5.92 Å². The molecule has 0 bridgehead atoms. The van der Waals surface area contributed by atoms with Gasteiger partial charge in [-0.05, 0) is 36.1 Å². The third-order valence-electron chi connectivity index (χ3n) is 3.90. The van der Waals surface area contributed by atoms with Crippen LogP contribution in [0.15, 0.2) is 24.3 Å². The van der Waals surface area contributed by atoms with E-state index in [1.807, 2.05) is 6.07 Å². The van der Waals surface area contributed by atoms with Gasteiger partial charge < -0.3 is 14.2 Å². The minimum atomic E-state index is -0.356. The molecule has 0 aromatic heterocycles. The van der Waals surface area contributed by atoms with Crippen molar-refractivity contribution in [1.82, 2.24) is 0 Å². The molecule has 1 unspecified atom stereocenters. The minimum absolute atomic E-state index is 0.0677. The molecular weight excluding hydrogens is 318 g/mol. The summed E-state index contributed by atoms with van der Waals surface area (Å²) in [7, 11) is 1.53. The number of benzene rings is 1. The van der Waals surface area contributed by atoms with Crippen LogP contribution >= 0.6 is 0 Å². The van der Waals surface area contributed by atoms with Crippen LogP contribution in [-0.4, -0.2) is 26.3 Å². The highest BCUT2D eigenvalue weighted by atomic mass is 16.5. The van der Waals surface area contributed by atoms with Crippen LogP contribution in [0.5, 0.6) is 11.5 Å². The van der Waals surface area contributed by atoms with E-state index in [1.165, 1.54) is 13.2 Å². The van der Waals surface area contributed by atoms with Gasteiger partial charge in [0.25, 0.3) is 0 Å². The second-order valence-electron chi connectivity index (χ2n) is 5.74. The Hall–Kier alpha value is -2.48. The van der Waals surface area contributed by atoms with Crippen LogP contribution in [0.4, 0.5) is 0 Å². The van der Waals surface area contributed by atoms with Crippen LogP contribution in [-0.2, 0) is 9.53 Å². The van der Waals surface area contributed by atoms with Crippen molar-refractivity contribution in [3.8, 4) is 17.6 Å². The highest BCUT2D eigenvalue weighted by Crippen LogP contribution is 2.28. The average Bonchev–Trinajstić information content (AvgIpc) is 2.64. The number of carbonyl (C=O) groups is 1. The smallest absolute Gasteiger partial charge is 0.330 e. The number of rotatable bonds is 11. The van der Waals surface area contributed by atoms with Gasteiger partial charge in [0.05, 0.1) is 13.7 Å². The van der Waals surface area contributed by atoms with Gasteiger partial charge in [0, 0.05) is 6.08 Å². The average molecular weight is 345 g/mol. The molecule has 0 aliphatic heterocycles. The summed E-state index contributed by atoms with van der Waals surface area (Å²) in [6.45, 7) is 4.66. The van der Waals surface area contributed by atoms with Crippen molar-refractivity contribution in [3.05, 3.63) is 29.8 Å². The lowest BCUT2D eigenvalue weighted by molar-refractivity contribution is -0.139. The molecule has 0 fully saturated rings. The van der Waals surface area contributed by atoms with E-state index in [-0.39, 0.29) is 12.6 Å². The molecule has 0 saturated carbocycles. The number of nitriles is 1. The number of ether oxygens (including phenoxy) is 3. The summed E-state index contributed by atoms with van der Waals surface area (Å²) in [5.41, 5.74) is 0.767. The molecule has 0 aliphatic rings. The van der Waals surface area contributed by atoms with Gasteiger partial charge >= 0.3 is 5.97 Å². The van der Waals surface area contributed by atoms with E-state index >= 15 is 0 Å². The van der Waals surface area contributed by atoms with E-state index in [9.17, 15) is 4.79 Å². The summed E-state index contributed by atoms with van der Waals surface area (Å²) >= 11 is 0. The highest BCUT2D eigenvalue weighted by molar-refractivity contribution is 5.87. The third kappa shape index (κ3) is 7.75. The van der Waals surface area contributed by atoms with Crippen LogP contribution in [0, 0.1) is 17.2 Å². The van der Waals surface area contributed by atoms with Gasteiger partial charge in [-0.2, -0.15) is 5.26 Å². The van der Waals surface area contributed by atoms with E-state index in [0.29, 0.717) is 24.0 Å². The highest BCUT2D eigenvalue weighted by Gasteiger charge is 2.09. The molecule has 0 spiro atoms. The molecule has 5 nitrogen and oxygen atoms in total. The zero-order valence-corrected chi connectivity index (χ0v) is 15.3. The van der Waals surface area contributed by atoms with Gasteiger partial charge in [0.1, 0.15) is 6.07 Å². The summed E-state index contributed by atoms with van der Waals surface area (Å²) < 4.78 is 15.8. The molecule has 25 heavy (non-hydrogen) atoms. The van der Waals surface area contributed by atoms with E-state index in [4.69, 9.17) is 19.5 Å². The fourth-order valence-electron chi connectivity index (χ4n) is 2.33. The molecule has 0 radical (unpaired) electrons. The van der Waals surface area contributed by atoms with E-state index in [2.05, 4.69) is 13.8 Å². The van der Waals surface area contributed by atoms with E-state index < -0.39 is 0 Å². The molecule has 1 rings (SSSR count). The van der Waals surface area contributed by atoms with Crippen LogP contribution in [0.1, 0.15) is 45.1 Å². The summed E-state index contributed by atoms with van der Waals surface area (Å²) in [5.74, 6) is 1.07. The maximum atomic E-state index is 11.9. The van der Waals surface area contributed by atoms with E-state index in [0.717, 1.165) is 31.2 Å². The first kappa shape index (κ1) is 20.6. The van der Waals surface area contributed by atoms with Crippen LogP contribution in [0.2, 0.25) is 0 Å². The van der Waals surface area contributed by atoms with Crippen LogP contribution < -0.4 is 9.47 Å². The first-order chi connectivity index (χ1) is 12.1. The molecular formula is C20H27NO4. The quantitative estimate of drug-likeness (QED) is 0.440. The molecule has 136 valence electrons. The third-order valence-corrected chi connectivity index (χ3v) is 3.90. The Bertz CT molecular complexity index is 604. The summed E-state index contributed by atoms with van der Waals surface area (Å²) in [6.07, 6.45) is 7.47. The number of methoxy groups -OCH3 is 1. The molecule has 0 amide bonds. The summed E-state index contributed by atoms with van der Waals surface area (Å²) in [6, 6.07) is 7.17. The maximum absolute atomic E-state index is 11.9. The second-order valence-corrected chi connectivity index (χ2v) is 5.74. The summed E-state index contributed by atoms with van der Waals surface area (Å²) in [5, 5.41) is 8.62. The first-order valence-electron chi connectivity index (χ1n) is 8.67. The SMILES string of the molecule is CCCCC(CC)COC(=O)/C=C/c1ccc(OC)c(OCC#N)c1. The van der Waals surface area contributed by atoms with Crippen molar-refractivity contribution < 1.29 is 19.0 Å². The summed E-state index contributed by atoms with van der Waals surface area (Å²) in [4.78, 5) is 11.9. The zero-order valence-electron chi connectivity index (χ0n) is 15.3. The fourth-order valence-corrected chi connectivity index (χ4v) is 2.33. The van der Waals surface area contributed by atoms with Crippen molar-refractivity contribution in [2.45, 2.75) is 39.5 Å². The first-order valence-corrected chi connectivity index (χ1v) is 8.67. The van der Waals surface area contributed by atoms with Crippen molar-refractivity contribution >= 4 is 12.0 Å². The number of nitrogens with zero attached hydrogens (tertiary/aromatic N) is 1. The molecule has 1 atom stereocenters. The molecule has 0 aliphatic carbocycles. The van der Waals surface area contributed by atoms with Crippen molar-refractivity contribution in [3.63, 3.8) is 0 Å². The predicted octanol–water partition coefficient (Wildman–Crippen LogP) is 4.37. The Labute approximate surface area is 150 Å². The number of carbonyl (C=O) groups excluding carboxylic acids is 1. The lowest BCUT2D eigenvalue weighted by Gasteiger charge is -2.13. The van der Waals surface area contributed by atoms with Gasteiger partial charge in [-0.15, -0.1) is 0 Å². The molecule has 5 heteroatoms. The number of unbranched alkanes of at least 4 members (excludes halogenated alkanes) is 1. The Kier molecular flexibility index (Phi) is 9.84. The van der Waals surface area contributed by atoms with Crippen LogP contribution in [0.25, 0.3) is 6.08 Å². The fraction of sp³-hybridized carbons (Fsp3) is 0.500. The maximum Gasteiger partial charge on any atom is 0.330 e. The Morgan fingerprint density at radius 2 is 2.12 bits per heavy atom. The van der Waals surface area contributed by atoms with Gasteiger partial charge in [0.2, 0.25) is 0 Å².